The normalized spacial score (nSPS) is 10.6. The van der Waals surface area contributed by atoms with Gasteiger partial charge in [-0.25, -0.2) is 4.79 Å². The fraction of sp³-hybridized carbons (Fsp3) is 0.125. The van der Waals surface area contributed by atoms with Crippen LogP contribution in [0.25, 0.3) is 11.0 Å². The summed E-state index contributed by atoms with van der Waals surface area (Å²) in [5.41, 5.74) is 0.987. The van der Waals surface area contributed by atoms with Gasteiger partial charge in [-0.2, -0.15) is 0 Å². The minimum absolute atomic E-state index is 0.199. The van der Waals surface area contributed by atoms with Crippen molar-refractivity contribution in [1.29, 1.82) is 0 Å². The van der Waals surface area contributed by atoms with Crippen LogP contribution >= 0.6 is 11.3 Å². The lowest BCUT2D eigenvalue weighted by Gasteiger charge is -2.04. The van der Waals surface area contributed by atoms with Crippen LogP contribution in [0.3, 0.4) is 0 Å². The van der Waals surface area contributed by atoms with E-state index in [9.17, 15) is 9.59 Å². The predicted octanol–water partition coefficient (Wildman–Crippen LogP) is 3.92. The van der Waals surface area contributed by atoms with Crippen molar-refractivity contribution >= 4 is 39.2 Å². The lowest BCUT2D eigenvalue weighted by atomic mass is 10.2. The van der Waals surface area contributed by atoms with Gasteiger partial charge in [-0.1, -0.05) is 18.2 Å². The number of thiophene rings is 1. The fourth-order valence-corrected chi connectivity index (χ4v) is 2.80. The Morgan fingerprint density at radius 2 is 2.09 bits per heavy atom. The molecule has 1 aromatic carbocycles. The molecular formula is C16H13NO4S. The number of hydrogen-bond donors (Lipinski definition) is 1. The van der Waals surface area contributed by atoms with Gasteiger partial charge in [0.25, 0.3) is 5.91 Å². The molecule has 6 heteroatoms. The number of amides is 1. The Morgan fingerprint density at radius 1 is 1.27 bits per heavy atom. The average molecular weight is 315 g/mol. The molecule has 3 rings (SSSR count). The largest absolute Gasteiger partial charge is 0.462 e. The molecule has 0 unspecified atom stereocenters. The topological polar surface area (TPSA) is 68.5 Å². The van der Waals surface area contributed by atoms with Gasteiger partial charge in [-0.05, 0) is 30.5 Å². The van der Waals surface area contributed by atoms with Gasteiger partial charge >= 0.3 is 5.97 Å². The number of ether oxygens (including phenoxy) is 1. The highest BCUT2D eigenvalue weighted by atomic mass is 32.1. The average Bonchev–Trinajstić information content (AvgIpc) is 3.13. The number of fused-ring (bicyclic) bond motifs is 1. The van der Waals surface area contributed by atoms with E-state index in [1.807, 2.05) is 18.2 Å². The molecule has 0 aliphatic heterocycles. The number of anilines is 1. The molecular weight excluding hydrogens is 302 g/mol. The molecule has 22 heavy (non-hydrogen) atoms. The molecule has 3 aromatic rings. The van der Waals surface area contributed by atoms with Crippen molar-refractivity contribution in [3.63, 3.8) is 0 Å². The monoisotopic (exact) mass is 315 g/mol. The van der Waals surface area contributed by atoms with Crippen molar-refractivity contribution < 1.29 is 18.7 Å². The van der Waals surface area contributed by atoms with E-state index in [4.69, 9.17) is 9.15 Å². The summed E-state index contributed by atoms with van der Waals surface area (Å²) in [7, 11) is 0. The van der Waals surface area contributed by atoms with Crippen LogP contribution < -0.4 is 5.32 Å². The zero-order chi connectivity index (χ0) is 15.5. The number of para-hydroxylation sites is 1. The van der Waals surface area contributed by atoms with Gasteiger partial charge in [0.2, 0.25) is 0 Å². The molecule has 112 valence electrons. The van der Waals surface area contributed by atoms with Gasteiger partial charge in [0.05, 0.1) is 12.2 Å². The van der Waals surface area contributed by atoms with E-state index < -0.39 is 11.9 Å². The number of benzene rings is 1. The van der Waals surface area contributed by atoms with Gasteiger partial charge < -0.3 is 14.5 Å². The van der Waals surface area contributed by atoms with Gasteiger partial charge in [-0.3, -0.25) is 4.79 Å². The minimum atomic E-state index is -0.455. The van der Waals surface area contributed by atoms with E-state index in [1.54, 1.807) is 30.5 Å². The summed E-state index contributed by atoms with van der Waals surface area (Å²) in [5, 5.41) is 5.71. The summed E-state index contributed by atoms with van der Waals surface area (Å²) in [6.07, 6.45) is 0. The summed E-state index contributed by atoms with van der Waals surface area (Å²) in [5.74, 6) is -0.655. The Bertz CT molecular complexity index is 800. The molecule has 0 aliphatic rings. The second-order valence-corrected chi connectivity index (χ2v) is 5.40. The minimum Gasteiger partial charge on any atom is -0.462 e. The molecule has 1 amide bonds. The quantitative estimate of drug-likeness (QED) is 0.741. The summed E-state index contributed by atoms with van der Waals surface area (Å²) < 4.78 is 10.5. The number of nitrogens with one attached hydrogen (secondary N) is 1. The van der Waals surface area contributed by atoms with Gasteiger partial charge in [0.15, 0.2) is 5.76 Å². The van der Waals surface area contributed by atoms with Gasteiger partial charge in [0, 0.05) is 5.39 Å². The van der Waals surface area contributed by atoms with E-state index >= 15 is 0 Å². The maximum Gasteiger partial charge on any atom is 0.341 e. The number of furan rings is 1. The van der Waals surface area contributed by atoms with Crippen LogP contribution in [0.2, 0.25) is 0 Å². The van der Waals surface area contributed by atoms with Crippen molar-refractivity contribution in [3.05, 3.63) is 53.1 Å². The van der Waals surface area contributed by atoms with Crippen molar-refractivity contribution in [3.8, 4) is 0 Å². The van der Waals surface area contributed by atoms with Crippen molar-refractivity contribution in [2.24, 2.45) is 0 Å². The van der Waals surface area contributed by atoms with E-state index in [-0.39, 0.29) is 12.4 Å². The molecule has 0 saturated heterocycles. The number of rotatable bonds is 4. The predicted molar refractivity (Wildman–Crippen MR) is 84.4 cm³/mol. The molecule has 0 aliphatic carbocycles. The fourth-order valence-electron chi connectivity index (χ4n) is 2.03. The summed E-state index contributed by atoms with van der Waals surface area (Å²) in [6, 6.07) is 10.7. The second-order valence-electron chi connectivity index (χ2n) is 4.49. The number of carbonyl (C=O) groups excluding carboxylic acids is 2. The van der Waals surface area contributed by atoms with Crippen LogP contribution in [0.4, 0.5) is 5.00 Å². The standard InChI is InChI=1S/C16H13NO4S/c1-2-20-16(19)11-7-8-22-15(11)17-14(18)13-9-10-5-3-4-6-12(10)21-13/h3-9H,2H2,1H3,(H,17,18). The molecule has 0 fully saturated rings. The summed E-state index contributed by atoms with van der Waals surface area (Å²) >= 11 is 1.26. The molecule has 0 radical (unpaired) electrons. The SMILES string of the molecule is CCOC(=O)c1ccsc1NC(=O)c1cc2ccccc2o1. The molecule has 2 heterocycles. The molecule has 2 aromatic heterocycles. The highest BCUT2D eigenvalue weighted by molar-refractivity contribution is 7.14. The Balaban J connectivity index is 1.82. The van der Waals surface area contributed by atoms with E-state index in [0.29, 0.717) is 16.1 Å². The maximum absolute atomic E-state index is 12.3. The van der Waals surface area contributed by atoms with Gasteiger partial charge in [0.1, 0.15) is 10.6 Å². The smallest absolute Gasteiger partial charge is 0.341 e. The maximum atomic E-state index is 12.3. The molecule has 1 N–H and O–H groups in total. The molecule has 0 atom stereocenters. The first-order valence-corrected chi connectivity index (χ1v) is 7.61. The van der Waals surface area contributed by atoms with Crippen LogP contribution in [-0.2, 0) is 4.74 Å². The van der Waals surface area contributed by atoms with E-state index in [2.05, 4.69) is 5.32 Å². The number of carbonyl (C=O) groups is 2. The Labute approximate surface area is 130 Å². The Kier molecular flexibility index (Phi) is 3.93. The summed E-state index contributed by atoms with van der Waals surface area (Å²) in [6.45, 7) is 2.02. The Morgan fingerprint density at radius 3 is 2.86 bits per heavy atom. The van der Waals surface area contributed by atoms with Crippen molar-refractivity contribution in [1.82, 2.24) is 0 Å². The Hall–Kier alpha value is -2.60. The van der Waals surface area contributed by atoms with Crippen molar-refractivity contribution in [2.75, 3.05) is 11.9 Å². The third-order valence-electron chi connectivity index (χ3n) is 3.04. The molecule has 0 bridgehead atoms. The number of hydrogen-bond acceptors (Lipinski definition) is 5. The van der Waals surface area contributed by atoms with Crippen molar-refractivity contribution in [2.45, 2.75) is 6.92 Å². The molecule has 5 nitrogen and oxygen atoms in total. The van der Waals surface area contributed by atoms with Crippen LogP contribution in [0, 0.1) is 0 Å². The molecule has 0 spiro atoms. The number of esters is 1. The lowest BCUT2D eigenvalue weighted by molar-refractivity contribution is 0.0528. The lowest BCUT2D eigenvalue weighted by Crippen LogP contribution is -2.13. The second kappa shape index (κ2) is 6.03. The van der Waals surface area contributed by atoms with Crippen LogP contribution in [0.1, 0.15) is 27.8 Å². The zero-order valence-electron chi connectivity index (χ0n) is 11.8. The first kappa shape index (κ1) is 14.3. The highest BCUT2D eigenvalue weighted by Crippen LogP contribution is 2.26. The summed E-state index contributed by atoms with van der Waals surface area (Å²) in [4.78, 5) is 24.1. The third kappa shape index (κ3) is 2.73. The van der Waals surface area contributed by atoms with Gasteiger partial charge in [-0.15, -0.1) is 11.3 Å². The van der Waals surface area contributed by atoms with Crippen LogP contribution in [-0.4, -0.2) is 18.5 Å². The zero-order valence-corrected chi connectivity index (χ0v) is 12.6. The van der Waals surface area contributed by atoms with E-state index in [0.717, 1.165) is 5.39 Å². The van der Waals surface area contributed by atoms with E-state index in [1.165, 1.54) is 11.3 Å². The first-order valence-electron chi connectivity index (χ1n) is 6.73. The molecule has 0 saturated carbocycles. The van der Waals surface area contributed by atoms with Crippen LogP contribution in [0.5, 0.6) is 0 Å². The first-order chi connectivity index (χ1) is 10.7. The highest BCUT2D eigenvalue weighted by Gasteiger charge is 2.18. The third-order valence-corrected chi connectivity index (χ3v) is 3.87. The van der Waals surface area contributed by atoms with Crippen LogP contribution in [0.15, 0.2) is 46.2 Å².